The summed E-state index contributed by atoms with van der Waals surface area (Å²) < 4.78 is 11.0. The summed E-state index contributed by atoms with van der Waals surface area (Å²) in [4.78, 5) is 27.2. The zero-order valence-corrected chi connectivity index (χ0v) is 19.2. The standard InChI is InChI=1S/C28H27NO5/c1-19-7-6-8-20(17-19)18-34-23-13-11-22(12-14-23)26(30)24-25(21-9-4-3-5-10-21)29(15-16-33-2)28(32)27(24)31/h3-14,17,25,30H,15-16,18H2,1-2H3/b26-24+/t25-/m1/s1. The number of aliphatic hydroxyl groups excluding tert-OH is 1. The molecule has 0 radical (unpaired) electrons. The number of nitrogens with zero attached hydrogens (tertiary/aromatic N) is 1. The highest BCUT2D eigenvalue weighted by Gasteiger charge is 2.45. The Kier molecular flexibility index (Phi) is 7.09. The van der Waals surface area contributed by atoms with Crippen molar-refractivity contribution in [2.45, 2.75) is 19.6 Å². The number of hydrogen-bond acceptors (Lipinski definition) is 5. The number of benzene rings is 3. The average molecular weight is 458 g/mol. The van der Waals surface area contributed by atoms with Crippen LogP contribution in [-0.4, -0.2) is 42.0 Å². The average Bonchev–Trinajstić information content (AvgIpc) is 3.11. The molecule has 6 nitrogen and oxygen atoms in total. The summed E-state index contributed by atoms with van der Waals surface area (Å²) in [5.41, 5.74) is 3.48. The SMILES string of the molecule is COCCN1C(=O)C(=O)/C(=C(/O)c2ccc(OCc3cccc(C)c3)cc2)[C@H]1c1ccccc1. The first-order valence-corrected chi connectivity index (χ1v) is 11.1. The van der Waals surface area contributed by atoms with Crippen LogP contribution in [-0.2, 0) is 20.9 Å². The molecule has 0 aliphatic carbocycles. The van der Waals surface area contributed by atoms with E-state index in [1.54, 1.807) is 24.3 Å². The highest BCUT2D eigenvalue weighted by molar-refractivity contribution is 6.46. The monoisotopic (exact) mass is 457 g/mol. The number of hydrogen-bond donors (Lipinski definition) is 1. The van der Waals surface area contributed by atoms with Crippen LogP contribution in [0.15, 0.2) is 84.4 Å². The molecule has 1 saturated heterocycles. The van der Waals surface area contributed by atoms with Crippen LogP contribution >= 0.6 is 0 Å². The third-order valence-electron chi connectivity index (χ3n) is 5.81. The molecular weight excluding hydrogens is 430 g/mol. The molecule has 1 aliphatic heterocycles. The zero-order valence-electron chi connectivity index (χ0n) is 19.2. The van der Waals surface area contributed by atoms with Gasteiger partial charge < -0.3 is 19.5 Å². The van der Waals surface area contributed by atoms with Gasteiger partial charge in [-0.1, -0.05) is 60.2 Å². The van der Waals surface area contributed by atoms with Gasteiger partial charge in [0.1, 0.15) is 18.1 Å². The van der Waals surface area contributed by atoms with Crippen molar-refractivity contribution in [3.05, 3.63) is 107 Å². The number of Topliss-reactive ketones (excluding diaryl/α,β-unsaturated/α-hetero) is 1. The topological polar surface area (TPSA) is 76.1 Å². The largest absolute Gasteiger partial charge is 0.507 e. The third-order valence-corrected chi connectivity index (χ3v) is 5.81. The molecule has 0 unspecified atom stereocenters. The van der Waals surface area contributed by atoms with Gasteiger partial charge in [-0.15, -0.1) is 0 Å². The lowest BCUT2D eigenvalue weighted by atomic mass is 9.95. The fourth-order valence-electron chi connectivity index (χ4n) is 4.12. The van der Waals surface area contributed by atoms with E-state index < -0.39 is 17.7 Å². The molecule has 0 spiro atoms. The van der Waals surface area contributed by atoms with E-state index in [4.69, 9.17) is 9.47 Å². The number of likely N-dealkylation sites (tertiary alicyclic amines) is 1. The number of aryl methyl sites for hydroxylation is 1. The summed E-state index contributed by atoms with van der Waals surface area (Å²) in [5.74, 6) is -0.927. The van der Waals surface area contributed by atoms with Crippen LogP contribution in [0.5, 0.6) is 5.75 Å². The maximum absolute atomic E-state index is 13.0. The van der Waals surface area contributed by atoms with E-state index in [2.05, 4.69) is 6.07 Å². The third kappa shape index (κ3) is 4.87. The van der Waals surface area contributed by atoms with Crippen molar-refractivity contribution in [2.75, 3.05) is 20.3 Å². The van der Waals surface area contributed by atoms with E-state index in [9.17, 15) is 14.7 Å². The summed E-state index contributed by atoms with van der Waals surface area (Å²) in [6, 6.07) is 23.5. The van der Waals surface area contributed by atoms with Crippen LogP contribution < -0.4 is 4.74 Å². The van der Waals surface area contributed by atoms with Crippen LogP contribution in [0.2, 0.25) is 0 Å². The second-order valence-electron chi connectivity index (χ2n) is 8.20. The lowest BCUT2D eigenvalue weighted by Crippen LogP contribution is -2.32. The van der Waals surface area contributed by atoms with Crippen molar-refractivity contribution in [2.24, 2.45) is 0 Å². The number of ketones is 1. The van der Waals surface area contributed by atoms with Crippen molar-refractivity contribution in [3.63, 3.8) is 0 Å². The first-order valence-electron chi connectivity index (χ1n) is 11.1. The first kappa shape index (κ1) is 23.3. The number of rotatable bonds is 8. The van der Waals surface area contributed by atoms with Gasteiger partial charge in [0.05, 0.1) is 18.2 Å². The predicted octanol–water partition coefficient (Wildman–Crippen LogP) is 4.64. The molecule has 0 bridgehead atoms. The van der Waals surface area contributed by atoms with Gasteiger partial charge in [0.15, 0.2) is 0 Å². The predicted molar refractivity (Wildman–Crippen MR) is 129 cm³/mol. The maximum atomic E-state index is 13.0. The summed E-state index contributed by atoms with van der Waals surface area (Å²) in [5, 5.41) is 11.1. The van der Waals surface area contributed by atoms with E-state index >= 15 is 0 Å². The van der Waals surface area contributed by atoms with Crippen molar-refractivity contribution in [3.8, 4) is 5.75 Å². The van der Waals surface area contributed by atoms with Gasteiger partial charge >= 0.3 is 0 Å². The van der Waals surface area contributed by atoms with Gasteiger partial charge in [0.25, 0.3) is 11.7 Å². The summed E-state index contributed by atoms with van der Waals surface area (Å²) >= 11 is 0. The molecule has 6 heteroatoms. The van der Waals surface area contributed by atoms with Crippen LogP contribution in [0.4, 0.5) is 0 Å². The van der Waals surface area contributed by atoms with Crippen molar-refractivity contribution in [1.82, 2.24) is 4.90 Å². The zero-order chi connectivity index (χ0) is 24.1. The van der Waals surface area contributed by atoms with Gasteiger partial charge in [0.2, 0.25) is 0 Å². The van der Waals surface area contributed by atoms with Crippen LogP contribution in [0.25, 0.3) is 5.76 Å². The summed E-state index contributed by atoms with van der Waals surface area (Å²) in [7, 11) is 1.54. The molecule has 1 fully saturated rings. The van der Waals surface area contributed by atoms with Crippen LogP contribution in [0.3, 0.4) is 0 Å². The molecule has 1 aliphatic rings. The van der Waals surface area contributed by atoms with Crippen molar-refractivity contribution in [1.29, 1.82) is 0 Å². The minimum atomic E-state index is -0.706. The normalized spacial score (nSPS) is 17.2. The second kappa shape index (κ2) is 10.4. The van der Waals surface area contributed by atoms with E-state index in [1.807, 2.05) is 55.5 Å². The molecule has 3 aromatic carbocycles. The molecule has 0 saturated carbocycles. The molecular formula is C28H27NO5. The van der Waals surface area contributed by atoms with E-state index in [0.717, 1.165) is 16.7 Å². The number of ether oxygens (including phenoxy) is 2. The van der Waals surface area contributed by atoms with Gasteiger partial charge in [0, 0.05) is 19.2 Å². The van der Waals surface area contributed by atoms with E-state index in [1.165, 1.54) is 12.0 Å². The van der Waals surface area contributed by atoms with E-state index in [0.29, 0.717) is 17.9 Å². The Hall–Kier alpha value is -3.90. The number of carbonyl (C=O) groups is 2. The first-order chi connectivity index (χ1) is 16.5. The molecule has 4 rings (SSSR count). The Morgan fingerprint density at radius 1 is 0.971 bits per heavy atom. The van der Waals surface area contributed by atoms with Crippen molar-refractivity contribution < 1.29 is 24.2 Å². The molecule has 174 valence electrons. The Morgan fingerprint density at radius 2 is 1.71 bits per heavy atom. The summed E-state index contributed by atoms with van der Waals surface area (Å²) in [6.45, 7) is 2.97. The Morgan fingerprint density at radius 3 is 2.38 bits per heavy atom. The molecule has 0 aromatic heterocycles. The Balaban J connectivity index is 1.62. The maximum Gasteiger partial charge on any atom is 0.295 e. The molecule has 1 atom stereocenters. The van der Waals surface area contributed by atoms with Crippen LogP contribution in [0.1, 0.15) is 28.3 Å². The molecule has 34 heavy (non-hydrogen) atoms. The fourth-order valence-corrected chi connectivity index (χ4v) is 4.12. The smallest absolute Gasteiger partial charge is 0.295 e. The number of amides is 1. The molecule has 1 amide bonds. The second-order valence-corrected chi connectivity index (χ2v) is 8.20. The van der Waals surface area contributed by atoms with E-state index in [-0.39, 0.29) is 24.5 Å². The van der Waals surface area contributed by atoms with Gasteiger partial charge in [-0.2, -0.15) is 0 Å². The van der Waals surface area contributed by atoms with Crippen LogP contribution in [0, 0.1) is 6.92 Å². The Labute approximate surface area is 199 Å². The number of aliphatic hydroxyl groups is 1. The van der Waals surface area contributed by atoms with Gasteiger partial charge in [-0.25, -0.2) is 0 Å². The van der Waals surface area contributed by atoms with Gasteiger partial charge in [-0.05, 0) is 42.3 Å². The molecule has 1 heterocycles. The lowest BCUT2D eigenvalue weighted by molar-refractivity contribution is -0.140. The molecule has 3 aromatic rings. The minimum Gasteiger partial charge on any atom is -0.507 e. The summed E-state index contributed by atoms with van der Waals surface area (Å²) in [6.07, 6.45) is 0. The Bertz CT molecular complexity index is 1200. The van der Waals surface area contributed by atoms with Gasteiger partial charge in [-0.3, -0.25) is 9.59 Å². The fraction of sp³-hybridized carbons (Fsp3) is 0.214. The number of carbonyl (C=O) groups excluding carboxylic acids is 2. The quantitative estimate of drug-likeness (QED) is 0.303. The lowest BCUT2D eigenvalue weighted by Gasteiger charge is -2.25. The minimum absolute atomic E-state index is 0.0701. The highest BCUT2D eigenvalue weighted by Crippen LogP contribution is 2.39. The molecule has 1 N–H and O–H groups in total. The number of methoxy groups -OCH3 is 1. The highest BCUT2D eigenvalue weighted by atomic mass is 16.5. The van der Waals surface area contributed by atoms with Crippen molar-refractivity contribution >= 4 is 17.4 Å².